The monoisotopic (exact) mass is 340 g/mol. The van der Waals surface area contributed by atoms with E-state index in [1.807, 2.05) is 26.0 Å². The van der Waals surface area contributed by atoms with Crippen LogP contribution in [0.15, 0.2) is 54.6 Å². The average Bonchev–Trinajstić information content (AvgIpc) is 2.59. The maximum absolute atomic E-state index is 16.6. The van der Waals surface area contributed by atoms with E-state index < -0.39 is 17.3 Å². The number of aryl methyl sites for hydroxylation is 2. The molecule has 0 bridgehead atoms. The molecule has 1 nitrogen and oxygen atoms in total. The van der Waals surface area contributed by atoms with Crippen molar-refractivity contribution in [3.05, 3.63) is 94.0 Å². The van der Waals surface area contributed by atoms with Crippen molar-refractivity contribution in [3.8, 4) is 11.5 Å². The molecule has 126 valence electrons. The Morgan fingerprint density at radius 1 is 0.720 bits per heavy atom. The lowest BCUT2D eigenvalue weighted by atomic mass is 9.78. The van der Waals surface area contributed by atoms with Crippen LogP contribution in [0, 0.1) is 25.5 Å². The molecule has 0 N–H and O–H groups in total. The van der Waals surface area contributed by atoms with Gasteiger partial charge in [-0.25, -0.2) is 13.2 Å². The van der Waals surface area contributed by atoms with E-state index in [9.17, 15) is 8.78 Å². The van der Waals surface area contributed by atoms with E-state index in [1.165, 1.54) is 6.07 Å². The molecule has 0 unspecified atom stereocenters. The second-order valence-electron chi connectivity index (χ2n) is 6.39. The maximum atomic E-state index is 16.6. The fraction of sp³-hybridized carbons (Fsp3) is 0.143. The van der Waals surface area contributed by atoms with E-state index in [2.05, 4.69) is 0 Å². The molecule has 0 spiro atoms. The highest BCUT2D eigenvalue weighted by Crippen LogP contribution is 2.53. The van der Waals surface area contributed by atoms with E-state index in [1.54, 1.807) is 24.3 Å². The topological polar surface area (TPSA) is 9.23 Å². The molecular weight excluding hydrogens is 325 g/mol. The SMILES string of the molecule is Cc1ccc2c(c1)C(F)(c1ccc(F)c(F)c1)c1cc(C)ccc1O2. The van der Waals surface area contributed by atoms with Crippen molar-refractivity contribution >= 4 is 0 Å². The zero-order valence-corrected chi connectivity index (χ0v) is 13.7. The zero-order chi connectivity index (χ0) is 17.8. The first-order valence-electron chi connectivity index (χ1n) is 7.94. The number of ether oxygens (including phenoxy) is 1. The summed E-state index contributed by atoms with van der Waals surface area (Å²) >= 11 is 0. The van der Waals surface area contributed by atoms with Crippen molar-refractivity contribution in [2.45, 2.75) is 19.5 Å². The predicted octanol–water partition coefficient (Wildman–Crippen LogP) is 5.95. The summed E-state index contributed by atoms with van der Waals surface area (Å²) in [6.45, 7) is 3.69. The first kappa shape index (κ1) is 15.8. The van der Waals surface area contributed by atoms with E-state index >= 15 is 4.39 Å². The Balaban J connectivity index is 2.07. The van der Waals surface area contributed by atoms with Crippen LogP contribution in [0.25, 0.3) is 0 Å². The van der Waals surface area contributed by atoms with Gasteiger partial charge in [0.15, 0.2) is 17.3 Å². The lowest BCUT2D eigenvalue weighted by Gasteiger charge is -2.34. The minimum absolute atomic E-state index is 0.0356. The molecule has 1 heterocycles. The van der Waals surface area contributed by atoms with Crippen molar-refractivity contribution in [1.82, 2.24) is 0 Å². The number of hydrogen-bond acceptors (Lipinski definition) is 1. The summed E-state index contributed by atoms with van der Waals surface area (Å²) in [6, 6.07) is 13.5. The molecule has 0 aromatic heterocycles. The van der Waals surface area contributed by atoms with Crippen molar-refractivity contribution in [1.29, 1.82) is 0 Å². The van der Waals surface area contributed by atoms with Crippen molar-refractivity contribution in [2.75, 3.05) is 0 Å². The summed E-state index contributed by atoms with van der Waals surface area (Å²) in [5.74, 6) is -1.35. The summed E-state index contributed by atoms with van der Waals surface area (Å²) in [5.41, 5.74) is 0.183. The van der Waals surface area contributed by atoms with Crippen molar-refractivity contribution in [2.24, 2.45) is 0 Å². The van der Waals surface area contributed by atoms with Gasteiger partial charge >= 0.3 is 0 Å². The molecule has 0 radical (unpaired) electrons. The fourth-order valence-corrected chi connectivity index (χ4v) is 3.29. The Labute approximate surface area is 143 Å². The van der Waals surface area contributed by atoms with Crippen LogP contribution in [-0.4, -0.2) is 0 Å². The number of alkyl halides is 1. The fourth-order valence-electron chi connectivity index (χ4n) is 3.29. The van der Waals surface area contributed by atoms with Gasteiger partial charge in [-0.3, -0.25) is 0 Å². The summed E-state index contributed by atoms with van der Waals surface area (Å²) in [4.78, 5) is 0. The third kappa shape index (κ3) is 2.32. The van der Waals surface area contributed by atoms with Crippen molar-refractivity contribution in [3.63, 3.8) is 0 Å². The first-order valence-corrected chi connectivity index (χ1v) is 7.94. The standard InChI is InChI=1S/C21H15F3O/c1-12-3-7-19-15(9-12)21(24,14-5-6-17(22)18(23)11-14)16-10-13(2)4-8-20(16)25-19/h3-11H,1-2H3. The van der Waals surface area contributed by atoms with Crippen LogP contribution in [0.3, 0.4) is 0 Å². The van der Waals surface area contributed by atoms with Gasteiger partial charge in [0, 0.05) is 16.7 Å². The second kappa shape index (κ2) is 5.38. The Morgan fingerprint density at radius 3 is 1.80 bits per heavy atom. The van der Waals surface area contributed by atoms with Gasteiger partial charge in [-0.15, -0.1) is 0 Å². The number of benzene rings is 3. The summed E-state index contributed by atoms with van der Waals surface area (Å²) in [6.07, 6.45) is 0. The molecule has 25 heavy (non-hydrogen) atoms. The molecule has 0 saturated carbocycles. The van der Waals surface area contributed by atoms with Gasteiger partial charge < -0.3 is 4.74 Å². The lowest BCUT2D eigenvalue weighted by Crippen LogP contribution is -2.28. The van der Waals surface area contributed by atoms with Crippen LogP contribution < -0.4 is 4.74 Å². The Kier molecular flexibility index (Phi) is 3.39. The van der Waals surface area contributed by atoms with Crippen LogP contribution in [0.2, 0.25) is 0 Å². The highest BCUT2D eigenvalue weighted by molar-refractivity contribution is 5.62. The summed E-state index contributed by atoms with van der Waals surface area (Å²) < 4.78 is 49.7. The average molecular weight is 340 g/mol. The second-order valence-corrected chi connectivity index (χ2v) is 6.39. The minimum atomic E-state index is -2.13. The Hall–Kier alpha value is -2.75. The van der Waals surface area contributed by atoms with Crippen LogP contribution in [0.4, 0.5) is 13.2 Å². The smallest absolute Gasteiger partial charge is 0.193 e. The van der Waals surface area contributed by atoms with E-state index in [0.717, 1.165) is 23.3 Å². The Bertz CT molecular complexity index is 943. The number of hydrogen-bond donors (Lipinski definition) is 0. The third-order valence-electron chi connectivity index (χ3n) is 4.55. The van der Waals surface area contributed by atoms with Gasteiger partial charge in [-0.1, -0.05) is 29.3 Å². The normalized spacial score (nSPS) is 14.4. The lowest BCUT2D eigenvalue weighted by molar-refractivity contribution is 0.248. The third-order valence-corrected chi connectivity index (χ3v) is 4.55. The highest BCUT2D eigenvalue weighted by atomic mass is 19.2. The van der Waals surface area contributed by atoms with Gasteiger partial charge in [-0.05, 0) is 50.2 Å². The minimum Gasteiger partial charge on any atom is -0.456 e. The molecule has 0 saturated heterocycles. The van der Waals surface area contributed by atoms with Crippen LogP contribution in [0.5, 0.6) is 11.5 Å². The molecule has 0 fully saturated rings. The van der Waals surface area contributed by atoms with Crippen LogP contribution in [0.1, 0.15) is 27.8 Å². The van der Waals surface area contributed by atoms with E-state index in [0.29, 0.717) is 11.5 Å². The van der Waals surface area contributed by atoms with Crippen molar-refractivity contribution < 1.29 is 17.9 Å². The number of halogens is 3. The van der Waals surface area contributed by atoms with E-state index in [-0.39, 0.29) is 16.7 Å². The van der Waals surface area contributed by atoms with Gasteiger partial charge in [0.2, 0.25) is 0 Å². The van der Waals surface area contributed by atoms with Gasteiger partial charge in [-0.2, -0.15) is 0 Å². The molecule has 4 rings (SSSR count). The molecule has 0 amide bonds. The van der Waals surface area contributed by atoms with Crippen LogP contribution >= 0.6 is 0 Å². The van der Waals surface area contributed by atoms with E-state index in [4.69, 9.17) is 4.74 Å². The highest BCUT2D eigenvalue weighted by Gasteiger charge is 2.45. The van der Waals surface area contributed by atoms with Gasteiger partial charge in [0.25, 0.3) is 0 Å². The summed E-state index contributed by atoms with van der Waals surface area (Å²) in [5, 5.41) is 0. The number of rotatable bonds is 1. The Morgan fingerprint density at radius 2 is 1.28 bits per heavy atom. The summed E-state index contributed by atoms with van der Waals surface area (Å²) in [7, 11) is 0. The van der Waals surface area contributed by atoms with Gasteiger partial charge in [0.1, 0.15) is 11.5 Å². The molecule has 0 atom stereocenters. The quantitative estimate of drug-likeness (QED) is 0.532. The maximum Gasteiger partial charge on any atom is 0.193 e. The molecule has 1 aliphatic rings. The molecule has 0 aliphatic carbocycles. The molecular formula is C21H15F3O. The van der Waals surface area contributed by atoms with Gasteiger partial charge in [0.05, 0.1) is 0 Å². The molecule has 4 heteroatoms. The first-order chi connectivity index (χ1) is 11.9. The van der Waals surface area contributed by atoms with Crippen LogP contribution in [-0.2, 0) is 5.67 Å². The number of fused-ring (bicyclic) bond motifs is 2. The molecule has 3 aromatic rings. The zero-order valence-electron chi connectivity index (χ0n) is 13.7. The largest absolute Gasteiger partial charge is 0.456 e. The molecule has 1 aliphatic heterocycles. The predicted molar refractivity (Wildman–Crippen MR) is 89.8 cm³/mol. The molecule has 3 aromatic carbocycles.